The van der Waals surface area contributed by atoms with Crippen molar-refractivity contribution >= 4 is 34.8 Å². The number of aromatic nitrogens is 2. The van der Waals surface area contributed by atoms with Gasteiger partial charge >= 0.3 is 0 Å². The van der Waals surface area contributed by atoms with Gasteiger partial charge in [-0.05, 0) is 51.5 Å². The molecule has 1 aromatic carbocycles. The van der Waals surface area contributed by atoms with E-state index in [9.17, 15) is 9.59 Å². The summed E-state index contributed by atoms with van der Waals surface area (Å²) in [5.74, 6) is -0.496. The lowest BCUT2D eigenvalue weighted by Gasteiger charge is -2.09. The van der Waals surface area contributed by atoms with Crippen LogP contribution in [-0.4, -0.2) is 27.0 Å². The number of anilines is 2. The standard InChI is InChI=1S/C19H25ClN4O2/c1-5-6-11-24-14(4)17(13(3)23-24)22-19(26)15-7-9-16(10-8-15)21-18(25)12(2)20/h7-10,12H,5-6,11H2,1-4H3,(H,21,25)(H,22,26)/t12-/m1/s1. The van der Waals surface area contributed by atoms with Gasteiger partial charge in [0.25, 0.3) is 5.91 Å². The van der Waals surface area contributed by atoms with Crippen LogP contribution in [0.2, 0.25) is 0 Å². The van der Waals surface area contributed by atoms with Crippen LogP contribution in [-0.2, 0) is 11.3 Å². The number of aryl methyl sites for hydroxylation is 2. The molecule has 7 heteroatoms. The number of alkyl halides is 1. The molecule has 0 radical (unpaired) electrons. The largest absolute Gasteiger partial charge is 0.325 e. The summed E-state index contributed by atoms with van der Waals surface area (Å²) in [6, 6.07) is 6.68. The zero-order valence-electron chi connectivity index (χ0n) is 15.6. The summed E-state index contributed by atoms with van der Waals surface area (Å²) in [6.07, 6.45) is 2.13. The monoisotopic (exact) mass is 376 g/mol. The Kier molecular flexibility index (Phi) is 6.80. The van der Waals surface area contributed by atoms with Crippen molar-refractivity contribution in [1.29, 1.82) is 0 Å². The molecule has 0 saturated heterocycles. The summed E-state index contributed by atoms with van der Waals surface area (Å²) < 4.78 is 1.93. The molecule has 1 aromatic heterocycles. The number of unbranched alkanes of at least 4 members (excludes halogenated alkanes) is 1. The highest BCUT2D eigenvalue weighted by Gasteiger charge is 2.15. The Morgan fingerprint density at radius 2 is 1.85 bits per heavy atom. The molecule has 0 aliphatic heterocycles. The van der Waals surface area contributed by atoms with Gasteiger partial charge in [0.05, 0.1) is 17.1 Å². The van der Waals surface area contributed by atoms with Crippen LogP contribution in [0.15, 0.2) is 24.3 Å². The molecular formula is C19H25ClN4O2. The Morgan fingerprint density at radius 3 is 2.42 bits per heavy atom. The average molecular weight is 377 g/mol. The van der Waals surface area contributed by atoms with Gasteiger partial charge in [-0.25, -0.2) is 0 Å². The van der Waals surface area contributed by atoms with E-state index < -0.39 is 5.38 Å². The highest BCUT2D eigenvalue weighted by Crippen LogP contribution is 2.21. The summed E-state index contributed by atoms with van der Waals surface area (Å²) in [5.41, 5.74) is 3.59. The molecule has 1 heterocycles. The van der Waals surface area contributed by atoms with Gasteiger partial charge in [-0.1, -0.05) is 13.3 Å². The molecule has 2 aromatic rings. The van der Waals surface area contributed by atoms with E-state index in [0.29, 0.717) is 11.3 Å². The molecule has 0 bridgehead atoms. The van der Waals surface area contributed by atoms with Gasteiger partial charge in [-0.15, -0.1) is 11.6 Å². The van der Waals surface area contributed by atoms with Crippen molar-refractivity contribution in [2.75, 3.05) is 10.6 Å². The Balaban J connectivity index is 2.08. The number of hydrogen-bond donors (Lipinski definition) is 2. The fourth-order valence-electron chi connectivity index (χ4n) is 2.54. The highest BCUT2D eigenvalue weighted by molar-refractivity contribution is 6.32. The smallest absolute Gasteiger partial charge is 0.255 e. The molecule has 6 nitrogen and oxygen atoms in total. The third-order valence-electron chi connectivity index (χ3n) is 4.12. The number of benzene rings is 1. The quantitative estimate of drug-likeness (QED) is 0.713. The fraction of sp³-hybridized carbons (Fsp3) is 0.421. The summed E-state index contributed by atoms with van der Waals surface area (Å²) in [5, 5.41) is 9.50. The van der Waals surface area contributed by atoms with E-state index in [1.54, 1.807) is 31.2 Å². The van der Waals surface area contributed by atoms with Gasteiger partial charge in [-0.2, -0.15) is 5.10 Å². The van der Waals surface area contributed by atoms with Crippen LogP contribution < -0.4 is 10.6 Å². The van der Waals surface area contributed by atoms with E-state index in [-0.39, 0.29) is 11.8 Å². The van der Waals surface area contributed by atoms with Crippen LogP contribution in [0, 0.1) is 13.8 Å². The van der Waals surface area contributed by atoms with Gasteiger partial charge in [0, 0.05) is 17.8 Å². The van der Waals surface area contributed by atoms with Crippen molar-refractivity contribution in [3.8, 4) is 0 Å². The average Bonchev–Trinajstić information content (AvgIpc) is 2.87. The maximum Gasteiger partial charge on any atom is 0.255 e. The first-order valence-electron chi connectivity index (χ1n) is 8.73. The number of rotatable bonds is 7. The zero-order chi connectivity index (χ0) is 19.3. The Morgan fingerprint density at radius 1 is 1.19 bits per heavy atom. The SMILES string of the molecule is CCCCn1nc(C)c(NC(=O)c2ccc(NC(=O)[C@@H](C)Cl)cc2)c1C. The third-order valence-corrected chi connectivity index (χ3v) is 4.32. The van der Waals surface area contributed by atoms with Crippen molar-refractivity contribution < 1.29 is 9.59 Å². The first kappa shape index (κ1) is 20.0. The zero-order valence-corrected chi connectivity index (χ0v) is 16.4. The maximum absolute atomic E-state index is 12.5. The second-order valence-electron chi connectivity index (χ2n) is 6.26. The minimum absolute atomic E-state index is 0.213. The van der Waals surface area contributed by atoms with E-state index in [1.165, 1.54) is 0 Å². The molecule has 0 fully saturated rings. The van der Waals surface area contributed by atoms with Gasteiger partial charge in [-0.3, -0.25) is 14.3 Å². The molecule has 140 valence electrons. The normalized spacial score (nSPS) is 11.9. The summed E-state index contributed by atoms with van der Waals surface area (Å²) >= 11 is 5.73. The van der Waals surface area contributed by atoms with E-state index >= 15 is 0 Å². The first-order chi connectivity index (χ1) is 12.3. The molecule has 0 unspecified atom stereocenters. The molecule has 2 rings (SSSR count). The fourth-order valence-corrected chi connectivity index (χ4v) is 2.59. The number of amides is 2. The van der Waals surface area contributed by atoms with E-state index in [4.69, 9.17) is 11.6 Å². The number of hydrogen-bond acceptors (Lipinski definition) is 3. The molecule has 0 spiro atoms. The van der Waals surface area contributed by atoms with E-state index in [1.807, 2.05) is 18.5 Å². The molecule has 0 aliphatic carbocycles. The topological polar surface area (TPSA) is 76.0 Å². The predicted molar refractivity (Wildman–Crippen MR) is 105 cm³/mol. The lowest BCUT2D eigenvalue weighted by atomic mass is 10.2. The van der Waals surface area contributed by atoms with Crippen molar-refractivity contribution in [1.82, 2.24) is 9.78 Å². The Hall–Kier alpha value is -2.34. The van der Waals surface area contributed by atoms with Crippen molar-refractivity contribution in [2.45, 2.75) is 52.5 Å². The molecule has 0 saturated carbocycles. The molecule has 1 atom stereocenters. The molecule has 2 amide bonds. The van der Waals surface area contributed by atoms with Crippen LogP contribution in [0.5, 0.6) is 0 Å². The number of carbonyl (C=O) groups excluding carboxylic acids is 2. The maximum atomic E-state index is 12.5. The van der Waals surface area contributed by atoms with Gasteiger partial charge in [0.1, 0.15) is 5.38 Å². The molecule has 2 N–H and O–H groups in total. The Bertz CT molecular complexity index is 782. The summed E-state index contributed by atoms with van der Waals surface area (Å²) in [7, 11) is 0. The van der Waals surface area contributed by atoms with Crippen LogP contribution in [0.25, 0.3) is 0 Å². The highest BCUT2D eigenvalue weighted by atomic mass is 35.5. The van der Waals surface area contributed by atoms with Crippen LogP contribution in [0.3, 0.4) is 0 Å². The number of halogens is 1. The summed E-state index contributed by atoms with van der Waals surface area (Å²) in [4.78, 5) is 24.1. The number of carbonyl (C=O) groups is 2. The van der Waals surface area contributed by atoms with Gasteiger partial charge < -0.3 is 10.6 Å². The van der Waals surface area contributed by atoms with Crippen molar-refractivity contribution in [3.05, 3.63) is 41.2 Å². The lowest BCUT2D eigenvalue weighted by Crippen LogP contribution is -2.20. The first-order valence-corrected chi connectivity index (χ1v) is 9.17. The lowest BCUT2D eigenvalue weighted by molar-refractivity contribution is -0.115. The Labute approximate surface area is 158 Å². The molecular weight excluding hydrogens is 352 g/mol. The predicted octanol–water partition coefficient (Wildman–Crippen LogP) is 4.12. The van der Waals surface area contributed by atoms with Crippen LogP contribution in [0.4, 0.5) is 11.4 Å². The third kappa shape index (κ3) is 4.85. The van der Waals surface area contributed by atoms with Crippen molar-refractivity contribution in [2.24, 2.45) is 0 Å². The second-order valence-corrected chi connectivity index (χ2v) is 6.91. The van der Waals surface area contributed by atoms with Crippen LogP contribution >= 0.6 is 11.6 Å². The second kappa shape index (κ2) is 8.85. The van der Waals surface area contributed by atoms with Crippen LogP contribution in [0.1, 0.15) is 48.4 Å². The number of nitrogens with one attached hydrogen (secondary N) is 2. The van der Waals surface area contributed by atoms with Crippen molar-refractivity contribution in [3.63, 3.8) is 0 Å². The van der Waals surface area contributed by atoms with E-state index in [2.05, 4.69) is 22.7 Å². The van der Waals surface area contributed by atoms with Gasteiger partial charge in [0.15, 0.2) is 0 Å². The summed E-state index contributed by atoms with van der Waals surface area (Å²) in [6.45, 7) is 8.42. The minimum Gasteiger partial charge on any atom is -0.325 e. The molecule has 26 heavy (non-hydrogen) atoms. The number of nitrogens with zero attached hydrogens (tertiary/aromatic N) is 2. The van der Waals surface area contributed by atoms with E-state index in [0.717, 1.165) is 36.5 Å². The minimum atomic E-state index is -0.617. The molecule has 0 aliphatic rings. The van der Waals surface area contributed by atoms with Gasteiger partial charge in [0.2, 0.25) is 5.91 Å².